The van der Waals surface area contributed by atoms with Crippen molar-refractivity contribution >= 4 is 39.5 Å². The molecule has 2 aromatic heterocycles. The van der Waals surface area contributed by atoms with Crippen molar-refractivity contribution in [2.45, 2.75) is 6.92 Å². The maximum Gasteiger partial charge on any atom is 0.330 e. The molecule has 2 heterocycles. The second kappa shape index (κ2) is 7.89. The summed E-state index contributed by atoms with van der Waals surface area (Å²) in [6.45, 7) is 1.57. The summed E-state index contributed by atoms with van der Waals surface area (Å²) in [4.78, 5) is 25.1. The van der Waals surface area contributed by atoms with Crippen molar-refractivity contribution in [3.05, 3.63) is 77.7 Å². The Bertz CT molecular complexity index is 1220. The minimum Gasteiger partial charge on any atom is -0.466 e. The van der Waals surface area contributed by atoms with Gasteiger partial charge in [0.15, 0.2) is 0 Å². The minimum absolute atomic E-state index is 0.0580. The first-order chi connectivity index (χ1) is 14.1. The van der Waals surface area contributed by atoms with E-state index in [2.05, 4.69) is 16.9 Å². The summed E-state index contributed by atoms with van der Waals surface area (Å²) in [5.74, 6) is -0.469. The highest BCUT2D eigenvalue weighted by atomic mass is 32.1. The van der Waals surface area contributed by atoms with E-state index in [0.29, 0.717) is 0 Å². The van der Waals surface area contributed by atoms with Gasteiger partial charge in [-0.3, -0.25) is 9.36 Å². The van der Waals surface area contributed by atoms with Gasteiger partial charge in [-0.2, -0.15) is 0 Å². The van der Waals surface area contributed by atoms with Gasteiger partial charge in [-0.25, -0.2) is 4.79 Å². The lowest BCUT2D eigenvalue weighted by Crippen LogP contribution is -2.07. The molecule has 0 fully saturated rings. The van der Waals surface area contributed by atoms with E-state index in [-0.39, 0.29) is 5.91 Å². The number of thiophene rings is 1. The predicted molar refractivity (Wildman–Crippen MR) is 118 cm³/mol. The Kier molecular flexibility index (Phi) is 5.14. The van der Waals surface area contributed by atoms with Crippen LogP contribution in [0.5, 0.6) is 0 Å². The molecule has 0 N–H and O–H groups in total. The number of benzene rings is 2. The number of aromatic nitrogens is 1. The SMILES string of the molecule is COC(=O)/C=C/c1cc2c(s1)c(-c1ccccc1)c(-c1ccccc1)n2C(C)=O. The lowest BCUT2D eigenvalue weighted by atomic mass is 10.0. The first-order valence-electron chi connectivity index (χ1n) is 9.16. The van der Waals surface area contributed by atoms with Crippen LogP contribution in [0.2, 0.25) is 0 Å². The van der Waals surface area contributed by atoms with Crippen LogP contribution in [0.1, 0.15) is 16.6 Å². The fraction of sp³-hybridized carbons (Fsp3) is 0.0833. The number of hydrogen-bond donors (Lipinski definition) is 0. The summed E-state index contributed by atoms with van der Waals surface area (Å²) >= 11 is 1.55. The molecule has 2 aromatic carbocycles. The number of fused-ring (bicyclic) bond motifs is 1. The van der Waals surface area contributed by atoms with Gasteiger partial charge in [-0.05, 0) is 23.3 Å². The van der Waals surface area contributed by atoms with Crippen LogP contribution >= 0.6 is 11.3 Å². The van der Waals surface area contributed by atoms with Crippen molar-refractivity contribution in [3.8, 4) is 22.4 Å². The van der Waals surface area contributed by atoms with Crippen molar-refractivity contribution in [2.75, 3.05) is 7.11 Å². The van der Waals surface area contributed by atoms with Crippen LogP contribution in [0.4, 0.5) is 0 Å². The highest BCUT2D eigenvalue weighted by Crippen LogP contribution is 2.44. The normalized spacial score (nSPS) is 11.2. The molecule has 0 unspecified atom stereocenters. The molecular weight excluding hydrogens is 382 g/mol. The third-order valence-corrected chi connectivity index (χ3v) is 5.78. The van der Waals surface area contributed by atoms with Crippen LogP contribution in [0.25, 0.3) is 38.7 Å². The van der Waals surface area contributed by atoms with Crippen LogP contribution in [0.3, 0.4) is 0 Å². The molecule has 0 spiro atoms. The lowest BCUT2D eigenvalue weighted by Gasteiger charge is -2.10. The highest BCUT2D eigenvalue weighted by Gasteiger charge is 2.23. The van der Waals surface area contributed by atoms with E-state index in [1.165, 1.54) is 13.2 Å². The lowest BCUT2D eigenvalue weighted by molar-refractivity contribution is -0.134. The Morgan fingerprint density at radius 3 is 2.17 bits per heavy atom. The zero-order valence-electron chi connectivity index (χ0n) is 16.1. The Balaban J connectivity index is 2.04. The molecular formula is C24H19NO3S. The van der Waals surface area contributed by atoms with Gasteiger partial charge < -0.3 is 4.74 Å². The van der Waals surface area contributed by atoms with Crippen molar-refractivity contribution in [2.24, 2.45) is 0 Å². The molecule has 0 atom stereocenters. The van der Waals surface area contributed by atoms with Crippen LogP contribution in [0, 0.1) is 0 Å². The largest absolute Gasteiger partial charge is 0.466 e. The van der Waals surface area contributed by atoms with Crippen LogP contribution in [-0.2, 0) is 9.53 Å². The molecule has 4 aromatic rings. The molecule has 144 valence electrons. The smallest absolute Gasteiger partial charge is 0.330 e. The van der Waals surface area contributed by atoms with Gasteiger partial charge in [0.1, 0.15) is 0 Å². The maximum atomic E-state index is 12.7. The van der Waals surface area contributed by atoms with Crippen molar-refractivity contribution < 1.29 is 14.3 Å². The first kappa shape index (κ1) is 18.9. The monoisotopic (exact) mass is 401 g/mol. The maximum absolute atomic E-state index is 12.7. The minimum atomic E-state index is -0.411. The molecule has 0 bridgehead atoms. The highest BCUT2D eigenvalue weighted by molar-refractivity contribution is 7.20. The summed E-state index contributed by atoms with van der Waals surface area (Å²) in [6, 6.07) is 21.9. The summed E-state index contributed by atoms with van der Waals surface area (Å²) in [5, 5.41) is 0. The second-order valence-corrected chi connectivity index (χ2v) is 7.61. The number of carbonyl (C=O) groups excluding carboxylic acids is 2. The van der Waals surface area contributed by atoms with Gasteiger partial charge in [0.25, 0.3) is 0 Å². The average Bonchev–Trinajstić information content (AvgIpc) is 3.29. The Labute approximate surface area is 172 Å². The van der Waals surface area contributed by atoms with E-state index < -0.39 is 5.97 Å². The van der Waals surface area contributed by atoms with E-state index in [9.17, 15) is 9.59 Å². The number of carbonyl (C=O) groups is 2. The standard InChI is InChI=1S/C24H19NO3S/c1-16(26)25-20-15-19(13-14-21(27)28-2)29-24(20)22(17-9-5-3-6-10-17)23(25)18-11-7-4-8-12-18/h3-15H,1-2H3/b14-13+. The number of ether oxygens (including phenoxy) is 1. The van der Waals surface area contributed by atoms with Crippen molar-refractivity contribution in [3.63, 3.8) is 0 Å². The third-order valence-electron chi connectivity index (χ3n) is 4.67. The molecule has 0 amide bonds. The van der Waals surface area contributed by atoms with Crippen LogP contribution in [-0.4, -0.2) is 23.6 Å². The Hall–Kier alpha value is -3.44. The van der Waals surface area contributed by atoms with E-state index >= 15 is 0 Å². The molecule has 4 rings (SSSR count). The molecule has 0 aliphatic carbocycles. The number of rotatable bonds is 4. The van der Waals surface area contributed by atoms with Gasteiger partial charge in [0.05, 0.1) is 23.0 Å². The van der Waals surface area contributed by atoms with Crippen molar-refractivity contribution in [1.82, 2.24) is 4.57 Å². The topological polar surface area (TPSA) is 48.3 Å². The predicted octanol–water partition coefficient (Wildman–Crippen LogP) is 5.88. The number of methoxy groups -OCH3 is 1. The van der Waals surface area contributed by atoms with Gasteiger partial charge >= 0.3 is 5.97 Å². The van der Waals surface area contributed by atoms with Gasteiger partial charge in [0, 0.05) is 23.4 Å². The quantitative estimate of drug-likeness (QED) is 0.317. The second-order valence-electron chi connectivity index (χ2n) is 6.53. The van der Waals surface area contributed by atoms with Crippen molar-refractivity contribution in [1.29, 1.82) is 0 Å². The zero-order valence-corrected chi connectivity index (χ0v) is 16.9. The summed E-state index contributed by atoms with van der Waals surface area (Å²) < 4.78 is 7.45. The zero-order chi connectivity index (χ0) is 20.4. The third kappa shape index (κ3) is 3.52. The first-order valence-corrected chi connectivity index (χ1v) is 9.98. The molecule has 0 saturated carbocycles. The number of hydrogen-bond acceptors (Lipinski definition) is 4. The molecule has 0 aliphatic rings. The molecule has 0 saturated heterocycles. The fourth-order valence-corrected chi connectivity index (χ4v) is 4.57. The van der Waals surface area contributed by atoms with E-state index in [1.807, 2.05) is 54.6 Å². The molecule has 5 heteroatoms. The average molecular weight is 401 g/mol. The van der Waals surface area contributed by atoms with E-state index in [0.717, 1.165) is 37.5 Å². The van der Waals surface area contributed by atoms with Gasteiger partial charge in [-0.1, -0.05) is 60.7 Å². The number of nitrogens with zero attached hydrogens (tertiary/aromatic N) is 1. The van der Waals surface area contributed by atoms with E-state index in [1.54, 1.807) is 28.9 Å². The van der Waals surface area contributed by atoms with Crippen LogP contribution in [0.15, 0.2) is 72.8 Å². The fourth-order valence-electron chi connectivity index (χ4n) is 3.45. The van der Waals surface area contributed by atoms with E-state index in [4.69, 9.17) is 0 Å². The summed E-state index contributed by atoms with van der Waals surface area (Å²) in [7, 11) is 1.35. The van der Waals surface area contributed by atoms with Gasteiger partial charge in [0.2, 0.25) is 5.91 Å². The van der Waals surface area contributed by atoms with Gasteiger partial charge in [-0.15, -0.1) is 11.3 Å². The molecule has 0 aliphatic heterocycles. The Morgan fingerprint density at radius 1 is 0.966 bits per heavy atom. The molecule has 29 heavy (non-hydrogen) atoms. The molecule has 4 nitrogen and oxygen atoms in total. The molecule has 0 radical (unpaired) electrons. The summed E-state index contributed by atoms with van der Waals surface area (Å²) in [5.41, 5.74) is 4.77. The number of esters is 1. The van der Waals surface area contributed by atoms with Crippen LogP contribution < -0.4 is 0 Å². The summed E-state index contributed by atoms with van der Waals surface area (Å²) in [6.07, 6.45) is 3.11. The Morgan fingerprint density at radius 2 is 1.59 bits per heavy atom.